The third-order valence-electron chi connectivity index (χ3n) is 5.29. The Bertz CT molecular complexity index is 680. The summed E-state index contributed by atoms with van der Waals surface area (Å²) in [6.45, 7) is 0.901. The largest absolute Gasteiger partial charge is 0.334 e. The highest BCUT2D eigenvalue weighted by molar-refractivity contribution is 7.09. The summed E-state index contributed by atoms with van der Waals surface area (Å²) in [5.74, 6) is 0.855. The monoisotopic (exact) mass is 326 g/mol. The minimum Gasteiger partial charge on any atom is -0.334 e. The van der Waals surface area contributed by atoms with Gasteiger partial charge in [-0.05, 0) is 54.8 Å². The van der Waals surface area contributed by atoms with Crippen LogP contribution < -0.4 is 0 Å². The molecule has 0 spiro atoms. The maximum Gasteiger partial charge on any atom is 0.273 e. The Balaban J connectivity index is 1.56. The minimum atomic E-state index is 0.139. The lowest BCUT2D eigenvalue weighted by molar-refractivity contribution is 0.0386. The number of aromatic nitrogens is 1. The molecule has 2 atom stereocenters. The van der Waals surface area contributed by atoms with Crippen molar-refractivity contribution in [2.45, 2.75) is 44.6 Å². The number of likely N-dealkylation sites (tertiary alicyclic amines) is 1. The first-order chi connectivity index (χ1) is 11.3. The van der Waals surface area contributed by atoms with Gasteiger partial charge in [0, 0.05) is 12.6 Å². The summed E-state index contributed by atoms with van der Waals surface area (Å²) in [7, 11) is 0. The number of carbonyl (C=O) groups excluding carboxylic acids is 1. The third-order valence-corrected chi connectivity index (χ3v) is 6.13. The Labute approximate surface area is 141 Å². The van der Waals surface area contributed by atoms with Gasteiger partial charge in [-0.1, -0.05) is 43.2 Å². The van der Waals surface area contributed by atoms with Gasteiger partial charge in [-0.25, -0.2) is 0 Å². The first-order valence-corrected chi connectivity index (χ1v) is 9.43. The zero-order chi connectivity index (χ0) is 15.6. The van der Waals surface area contributed by atoms with E-state index in [1.807, 2.05) is 24.3 Å². The summed E-state index contributed by atoms with van der Waals surface area (Å²) in [6.07, 6.45) is 7.49. The quantitative estimate of drug-likeness (QED) is 0.808. The molecule has 23 heavy (non-hydrogen) atoms. The summed E-state index contributed by atoms with van der Waals surface area (Å²) >= 11 is 1.43. The van der Waals surface area contributed by atoms with Crippen LogP contribution in [0.2, 0.25) is 0 Å². The predicted molar refractivity (Wildman–Crippen MR) is 93.6 cm³/mol. The molecule has 4 rings (SSSR count). The van der Waals surface area contributed by atoms with Crippen molar-refractivity contribution in [2.24, 2.45) is 5.92 Å². The van der Waals surface area contributed by atoms with Crippen LogP contribution in [0.15, 0.2) is 36.4 Å². The molecule has 120 valence electrons. The van der Waals surface area contributed by atoms with E-state index < -0.39 is 0 Å². The van der Waals surface area contributed by atoms with Crippen LogP contribution in [0.25, 0.3) is 10.4 Å². The molecule has 0 bridgehead atoms. The lowest BCUT2D eigenvalue weighted by Gasteiger charge is -2.43. The first kappa shape index (κ1) is 14.9. The molecule has 2 aromatic rings. The minimum absolute atomic E-state index is 0.139. The number of hydrogen-bond donors (Lipinski definition) is 0. The van der Waals surface area contributed by atoms with Crippen molar-refractivity contribution in [3.05, 3.63) is 42.1 Å². The van der Waals surface area contributed by atoms with Gasteiger partial charge < -0.3 is 4.90 Å². The van der Waals surface area contributed by atoms with Crippen LogP contribution in [0.5, 0.6) is 0 Å². The van der Waals surface area contributed by atoms with Crippen LogP contribution in [0.3, 0.4) is 0 Å². The fourth-order valence-corrected chi connectivity index (χ4v) is 4.87. The number of piperidine rings is 1. The third kappa shape index (κ3) is 2.92. The van der Waals surface area contributed by atoms with Crippen LogP contribution in [-0.2, 0) is 0 Å². The molecule has 3 nitrogen and oxygen atoms in total. The lowest BCUT2D eigenvalue weighted by atomic mass is 9.78. The number of nitrogens with zero attached hydrogens (tertiary/aromatic N) is 2. The van der Waals surface area contributed by atoms with Crippen LogP contribution >= 0.6 is 11.5 Å². The molecule has 2 aliphatic rings. The van der Waals surface area contributed by atoms with E-state index in [1.54, 1.807) is 0 Å². The molecule has 1 aromatic carbocycles. The van der Waals surface area contributed by atoms with E-state index >= 15 is 0 Å². The van der Waals surface area contributed by atoms with Crippen molar-refractivity contribution in [2.75, 3.05) is 6.54 Å². The zero-order valence-electron chi connectivity index (χ0n) is 13.3. The lowest BCUT2D eigenvalue weighted by Crippen LogP contribution is -2.49. The predicted octanol–water partition coefficient (Wildman–Crippen LogP) is 4.60. The average molecular weight is 326 g/mol. The smallest absolute Gasteiger partial charge is 0.273 e. The standard InChI is InChI=1S/C19H22N2OS/c22-19(21-12-6-10-14-7-4-5-11-17(14)21)16-13-18(23-20-16)15-8-2-1-3-9-15/h1-3,8-9,13-14,17H,4-7,10-12H2. The number of rotatable bonds is 2. The van der Waals surface area contributed by atoms with Crippen molar-refractivity contribution in [1.82, 2.24) is 9.27 Å². The van der Waals surface area contributed by atoms with Crippen LogP contribution in [-0.4, -0.2) is 27.8 Å². The molecule has 2 heterocycles. The first-order valence-electron chi connectivity index (χ1n) is 8.66. The zero-order valence-corrected chi connectivity index (χ0v) is 14.1. The van der Waals surface area contributed by atoms with Crippen molar-refractivity contribution in [1.29, 1.82) is 0 Å². The molecule has 1 saturated heterocycles. The van der Waals surface area contributed by atoms with E-state index in [0.717, 1.165) is 23.4 Å². The Morgan fingerprint density at radius 3 is 2.74 bits per heavy atom. The second-order valence-corrected chi connectivity index (χ2v) is 7.50. The summed E-state index contributed by atoms with van der Waals surface area (Å²) in [6, 6.07) is 12.6. The Morgan fingerprint density at radius 1 is 1.09 bits per heavy atom. The van der Waals surface area contributed by atoms with Gasteiger partial charge in [0.25, 0.3) is 5.91 Å². The molecule has 1 aromatic heterocycles. The SMILES string of the molecule is O=C(c1cc(-c2ccccc2)sn1)N1CCCC2CCCCC21. The van der Waals surface area contributed by atoms with Gasteiger partial charge >= 0.3 is 0 Å². The average Bonchev–Trinajstić information content (AvgIpc) is 3.11. The number of hydrogen-bond acceptors (Lipinski definition) is 3. The van der Waals surface area contributed by atoms with Crippen molar-refractivity contribution < 1.29 is 4.79 Å². The number of amides is 1. The molecular formula is C19H22N2OS. The van der Waals surface area contributed by atoms with Gasteiger partial charge in [-0.2, -0.15) is 4.37 Å². The number of carbonyl (C=O) groups is 1. The molecule has 1 saturated carbocycles. The number of fused-ring (bicyclic) bond motifs is 1. The summed E-state index contributed by atoms with van der Waals surface area (Å²) in [4.78, 5) is 16.2. The molecule has 0 N–H and O–H groups in total. The molecule has 1 aliphatic heterocycles. The highest BCUT2D eigenvalue weighted by Crippen LogP contribution is 2.36. The summed E-state index contributed by atoms with van der Waals surface area (Å²) < 4.78 is 4.46. The van der Waals surface area contributed by atoms with Gasteiger partial charge in [0.05, 0.1) is 4.88 Å². The molecule has 0 radical (unpaired) electrons. The van der Waals surface area contributed by atoms with E-state index in [0.29, 0.717) is 17.7 Å². The maximum absolute atomic E-state index is 13.0. The van der Waals surface area contributed by atoms with E-state index in [9.17, 15) is 4.79 Å². The Hall–Kier alpha value is -1.68. The van der Waals surface area contributed by atoms with Crippen molar-refractivity contribution in [3.8, 4) is 10.4 Å². The van der Waals surface area contributed by atoms with E-state index in [-0.39, 0.29) is 5.91 Å². The van der Waals surface area contributed by atoms with Gasteiger partial charge in [0.1, 0.15) is 5.69 Å². The molecule has 1 amide bonds. The Kier molecular flexibility index (Phi) is 4.17. The fourth-order valence-electron chi connectivity index (χ4n) is 4.14. The molecule has 1 aliphatic carbocycles. The van der Waals surface area contributed by atoms with Crippen LogP contribution in [0, 0.1) is 5.92 Å². The maximum atomic E-state index is 13.0. The van der Waals surface area contributed by atoms with Gasteiger partial charge in [0.15, 0.2) is 0 Å². The molecular weight excluding hydrogens is 304 g/mol. The Morgan fingerprint density at radius 2 is 1.87 bits per heavy atom. The van der Waals surface area contributed by atoms with E-state index in [4.69, 9.17) is 0 Å². The second-order valence-electron chi connectivity index (χ2n) is 6.70. The molecule has 2 unspecified atom stereocenters. The number of benzene rings is 1. The van der Waals surface area contributed by atoms with Gasteiger partial charge in [0.2, 0.25) is 0 Å². The van der Waals surface area contributed by atoms with E-state index in [1.165, 1.54) is 43.6 Å². The topological polar surface area (TPSA) is 33.2 Å². The second kappa shape index (κ2) is 6.44. The van der Waals surface area contributed by atoms with Crippen LogP contribution in [0.1, 0.15) is 49.0 Å². The molecule has 2 fully saturated rings. The highest BCUT2D eigenvalue weighted by atomic mass is 32.1. The molecule has 4 heteroatoms. The fraction of sp³-hybridized carbons (Fsp3) is 0.474. The summed E-state index contributed by atoms with van der Waals surface area (Å²) in [5, 5.41) is 0. The van der Waals surface area contributed by atoms with Gasteiger partial charge in [-0.15, -0.1) is 0 Å². The van der Waals surface area contributed by atoms with Gasteiger partial charge in [-0.3, -0.25) is 4.79 Å². The van der Waals surface area contributed by atoms with Crippen molar-refractivity contribution in [3.63, 3.8) is 0 Å². The van der Waals surface area contributed by atoms with E-state index in [2.05, 4.69) is 21.4 Å². The summed E-state index contributed by atoms with van der Waals surface area (Å²) in [5.41, 5.74) is 1.76. The van der Waals surface area contributed by atoms with Crippen LogP contribution in [0.4, 0.5) is 0 Å². The normalized spacial score (nSPS) is 24.3. The highest BCUT2D eigenvalue weighted by Gasteiger charge is 2.36. The van der Waals surface area contributed by atoms with Crippen molar-refractivity contribution >= 4 is 17.4 Å².